The molecule has 0 N–H and O–H groups in total. The van der Waals surface area contributed by atoms with Crippen molar-refractivity contribution in [2.24, 2.45) is 5.92 Å². The van der Waals surface area contributed by atoms with Gasteiger partial charge in [-0.3, -0.25) is 4.98 Å². The third kappa shape index (κ3) is 3.50. The van der Waals surface area contributed by atoms with Crippen LogP contribution in [0.5, 0.6) is 0 Å². The first-order valence-electron chi connectivity index (χ1n) is 10.2. The zero-order valence-corrected chi connectivity index (χ0v) is 17.8. The van der Waals surface area contributed by atoms with Crippen molar-refractivity contribution in [2.45, 2.75) is 20.3 Å². The molecule has 0 atom stereocenters. The van der Waals surface area contributed by atoms with Gasteiger partial charge in [0.2, 0.25) is 0 Å². The fourth-order valence-electron chi connectivity index (χ4n) is 4.04. The maximum Gasteiger partial charge on any atom is 0.123 e. The Morgan fingerprint density at radius 2 is 1.67 bits per heavy atom. The van der Waals surface area contributed by atoms with Crippen molar-refractivity contribution < 1.29 is 4.39 Å². The smallest absolute Gasteiger partial charge is 0.123 e. The van der Waals surface area contributed by atoms with Crippen LogP contribution < -0.4 is 0 Å². The lowest BCUT2D eigenvalue weighted by atomic mass is 10.00. The van der Waals surface area contributed by atoms with Gasteiger partial charge in [0, 0.05) is 31.9 Å². The highest BCUT2D eigenvalue weighted by atomic mass is 32.1. The number of nitrogens with zero attached hydrogens (tertiary/aromatic N) is 1. The summed E-state index contributed by atoms with van der Waals surface area (Å²) >= 11 is 1.80. The van der Waals surface area contributed by atoms with E-state index in [9.17, 15) is 4.39 Å². The number of hydrogen-bond donors (Lipinski definition) is 0. The molecule has 0 saturated heterocycles. The molecule has 0 spiro atoms. The van der Waals surface area contributed by atoms with E-state index >= 15 is 0 Å². The highest BCUT2D eigenvalue weighted by Gasteiger charge is 2.12. The SMILES string of the molecule is CC(C)Cc1ccnc(-c2cccc3c2sc2cc(-c4ccc(F)cc4)ccc23)c1. The lowest BCUT2D eigenvalue weighted by Gasteiger charge is -2.08. The van der Waals surface area contributed by atoms with Crippen molar-refractivity contribution >= 4 is 31.5 Å². The van der Waals surface area contributed by atoms with Gasteiger partial charge in [0.25, 0.3) is 0 Å². The molecule has 1 nitrogen and oxygen atoms in total. The van der Waals surface area contributed by atoms with Crippen molar-refractivity contribution in [3.63, 3.8) is 0 Å². The van der Waals surface area contributed by atoms with E-state index < -0.39 is 0 Å². The first kappa shape index (κ1) is 19.0. The predicted molar refractivity (Wildman–Crippen MR) is 126 cm³/mol. The Labute approximate surface area is 179 Å². The van der Waals surface area contributed by atoms with Gasteiger partial charge in [-0.15, -0.1) is 11.3 Å². The number of rotatable bonds is 4. The standard InChI is InChI=1S/C27H22FNS/c1-17(2)14-18-12-13-29-25(15-18)24-5-3-4-23-22-11-8-20(16-26(22)30-27(23)24)19-6-9-21(28)10-7-19/h3-13,15-17H,14H2,1-2H3. The first-order valence-corrected chi connectivity index (χ1v) is 11.1. The van der Waals surface area contributed by atoms with E-state index in [1.807, 2.05) is 18.3 Å². The van der Waals surface area contributed by atoms with Crippen LogP contribution in [0.4, 0.5) is 4.39 Å². The van der Waals surface area contributed by atoms with E-state index in [1.165, 1.54) is 43.4 Å². The van der Waals surface area contributed by atoms with Gasteiger partial charge in [-0.25, -0.2) is 4.39 Å². The molecule has 0 unspecified atom stereocenters. The molecule has 3 heteroatoms. The number of aromatic nitrogens is 1. The van der Waals surface area contributed by atoms with Crippen LogP contribution in [-0.2, 0) is 6.42 Å². The first-order chi connectivity index (χ1) is 14.6. The van der Waals surface area contributed by atoms with Gasteiger partial charge in [0.1, 0.15) is 5.82 Å². The Morgan fingerprint density at radius 1 is 0.867 bits per heavy atom. The topological polar surface area (TPSA) is 12.9 Å². The molecule has 2 heterocycles. The van der Waals surface area contributed by atoms with Crippen LogP contribution in [0.25, 0.3) is 42.6 Å². The number of thiophene rings is 1. The fraction of sp³-hybridized carbons (Fsp3) is 0.148. The summed E-state index contributed by atoms with van der Waals surface area (Å²) in [5, 5.41) is 2.51. The monoisotopic (exact) mass is 411 g/mol. The zero-order chi connectivity index (χ0) is 20.7. The number of benzene rings is 3. The highest BCUT2D eigenvalue weighted by molar-refractivity contribution is 7.26. The molecular weight excluding hydrogens is 389 g/mol. The molecule has 0 aliphatic heterocycles. The quantitative estimate of drug-likeness (QED) is 0.291. The molecular formula is C27H22FNS. The van der Waals surface area contributed by atoms with Gasteiger partial charge in [-0.2, -0.15) is 0 Å². The Hall–Kier alpha value is -3.04. The van der Waals surface area contributed by atoms with Crippen molar-refractivity contribution in [1.82, 2.24) is 4.98 Å². The van der Waals surface area contributed by atoms with Gasteiger partial charge in [0.15, 0.2) is 0 Å². The highest BCUT2D eigenvalue weighted by Crippen LogP contribution is 2.41. The molecule has 0 amide bonds. The molecule has 3 aromatic carbocycles. The summed E-state index contributed by atoms with van der Waals surface area (Å²) in [5.74, 6) is 0.406. The second-order valence-corrected chi connectivity index (χ2v) is 9.20. The molecule has 30 heavy (non-hydrogen) atoms. The van der Waals surface area contributed by atoms with Crippen LogP contribution in [0.1, 0.15) is 19.4 Å². The number of halogens is 1. The largest absolute Gasteiger partial charge is 0.256 e. The summed E-state index contributed by atoms with van der Waals surface area (Å²) in [5.41, 5.74) is 5.67. The van der Waals surface area contributed by atoms with Crippen molar-refractivity contribution in [3.05, 3.63) is 90.4 Å². The van der Waals surface area contributed by atoms with Gasteiger partial charge in [0.05, 0.1) is 5.69 Å². The molecule has 0 aliphatic carbocycles. The van der Waals surface area contributed by atoms with Crippen LogP contribution in [0.2, 0.25) is 0 Å². The Bertz CT molecular complexity index is 1350. The van der Waals surface area contributed by atoms with E-state index in [0.717, 1.165) is 23.2 Å². The van der Waals surface area contributed by atoms with Gasteiger partial charge in [-0.05, 0) is 59.4 Å². The van der Waals surface area contributed by atoms with Crippen LogP contribution >= 0.6 is 11.3 Å². The van der Waals surface area contributed by atoms with Gasteiger partial charge < -0.3 is 0 Å². The summed E-state index contributed by atoms with van der Waals surface area (Å²) in [6.45, 7) is 4.48. The van der Waals surface area contributed by atoms with E-state index in [0.29, 0.717) is 5.92 Å². The van der Waals surface area contributed by atoms with E-state index in [1.54, 1.807) is 11.3 Å². The van der Waals surface area contributed by atoms with Crippen molar-refractivity contribution in [1.29, 1.82) is 0 Å². The van der Waals surface area contributed by atoms with Crippen LogP contribution in [0, 0.1) is 11.7 Å². The second-order valence-electron chi connectivity index (χ2n) is 8.15. The van der Waals surface area contributed by atoms with Crippen LogP contribution in [-0.4, -0.2) is 4.98 Å². The van der Waals surface area contributed by atoms with Gasteiger partial charge >= 0.3 is 0 Å². The zero-order valence-electron chi connectivity index (χ0n) is 17.0. The van der Waals surface area contributed by atoms with Crippen LogP contribution in [0.15, 0.2) is 79.0 Å². The second kappa shape index (κ2) is 7.66. The molecule has 5 aromatic rings. The number of fused-ring (bicyclic) bond motifs is 3. The predicted octanol–water partition coefficient (Wildman–Crippen LogP) is 8.12. The summed E-state index contributed by atoms with van der Waals surface area (Å²) in [6, 6.07) is 24.0. The van der Waals surface area contributed by atoms with Crippen molar-refractivity contribution in [3.8, 4) is 22.4 Å². The molecule has 0 radical (unpaired) electrons. The van der Waals surface area contributed by atoms with E-state index in [4.69, 9.17) is 0 Å². The minimum absolute atomic E-state index is 0.210. The molecule has 0 aliphatic rings. The minimum atomic E-state index is -0.210. The molecule has 148 valence electrons. The molecule has 2 aromatic heterocycles. The molecule has 0 fully saturated rings. The summed E-state index contributed by atoms with van der Waals surface area (Å²) in [6.07, 6.45) is 2.98. The van der Waals surface area contributed by atoms with E-state index in [2.05, 4.69) is 67.4 Å². The summed E-state index contributed by atoms with van der Waals surface area (Å²) in [7, 11) is 0. The average Bonchev–Trinajstić information content (AvgIpc) is 3.12. The fourth-order valence-corrected chi connectivity index (χ4v) is 5.31. The third-order valence-corrected chi connectivity index (χ3v) is 6.62. The lowest BCUT2D eigenvalue weighted by Crippen LogP contribution is -1.95. The Balaban J connectivity index is 1.64. The number of hydrogen-bond acceptors (Lipinski definition) is 2. The average molecular weight is 412 g/mol. The summed E-state index contributed by atoms with van der Waals surface area (Å²) in [4.78, 5) is 4.68. The lowest BCUT2D eigenvalue weighted by molar-refractivity contribution is 0.628. The van der Waals surface area contributed by atoms with Crippen LogP contribution in [0.3, 0.4) is 0 Å². The Kier molecular flexibility index (Phi) is 4.84. The van der Waals surface area contributed by atoms with E-state index in [-0.39, 0.29) is 5.82 Å². The molecule has 5 rings (SSSR count). The van der Waals surface area contributed by atoms with Gasteiger partial charge in [-0.1, -0.05) is 56.3 Å². The Morgan fingerprint density at radius 3 is 2.47 bits per heavy atom. The van der Waals surface area contributed by atoms with Crippen molar-refractivity contribution in [2.75, 3.05) is 0 Å². The normalized spacial score (nSPS) is 11.6. The number of pyridine rings is 1. The molecule has 0 bridgehead atoms. The maximum absolute atomic E-state index is 13.3. The molecule has 0 saturated carbocycles. The minimum Gasteiger partial charge on any atom is -0.256 e. The summed E-state index contributed by atoms with van der Waals surface area (Å²) < 4.78 is 15.8. The third-order valence-electron chi connectivity index (χ3n) is 5.42. The maximum atomic E-state index is 13.3.